The Bertz CT molecular complexity index is 1010. The van der Waals surface area contributed by atoms with Gasteiger partial charge in [-0.3, -0.25) is 4.31 Å². The predicted octanol–water partition coefficient (Wildman–Crippen LogP) is 4.26. The molecular formula is C20H20N2O3S. The van der Waals surface area contributed by atoms with Gasteiger partial charge in [0.15, 0.2) is 5.76 Å². The number of hydrogen-bond acceptors (Lipinski definition) is 4. The minimum absolute atomic E-state index is 0.111. The van der Waals surface area contributed by atoms with Crippen molar-refractivity contribution in [3.8, 4) is 0 Å². The molecule has 26 heavy (non-hydrogen) atoms. The van der Waals surface area contributed by atoms with Crippen LogP contribution in [0, 0.1) is 6.92 Å². The maximum absolute atomic E-state index is 13.3. The molecule has 1 heterocycles. The van der Waals surface area contributed by atoms with Gasteiger partial charge >= 0.3 is 0 Å². The van der Waals surface area contributed by atoms with Gasteiger partial charge in [-0.1, -0.05) is 35.5 Å². The van der Waals surface area contributed by atoms with E-state index in [0.29, 0.717) is 17.4 Å². The molecule has 134 valence electrons. The highest BCUT2D eigenvalue weighted by atomic mass is 32.2. The summed E-state index contributed by atoms with van der Waals surface area (Å²) in [6, 6.07) is 17.9. The summed E-state index contributed by atoms with van der Waals surface area (Å²) in [5, 5.41) is 4.10. The van der Waals surface area contributed by atoms with Crippen LogP contribution >= 0.6 is 0 Å². The zero-order valence-electron chi connectivity index (χ0n) is 14.5. The zero-order chi connectivity index (χ0) is 18.1. The summed E-state index contributed by atoms with van der Waals surface area (Å²) >= 11 is 0. The summed E-state index contributed by atoms with van der Waals surface area (Å²) in [7, 11) is -3.72. The topological polar surface area (TPSA) is 63.4 Å². The first kappa shape index (κ1) is 16.8. The fourth-order valence-corrected chi connectivity index (χ4v) is 4.47. The van der Waals surface area contributed by atoms with Gasteiger partial charge in [-0.05, 0) is 49.6 Å². The van der Waals surface area contributed by atoms with Crippen LogP contribution in [0.4, 0.5) is 5.69 Å². The number of aromatic nitrogens is 1. The van der Waals surface area contributed by atoms with Crippen LogP contribution < -0.4 is 4.31 Å². The fraction of sp³-hybridized carbons (Fsp3) is 0.250. The van der Waals surface area contributed by atoms with E-state index in [1.165, 1.54) is 4.31 Å². The first-order valence-electron chi connectivity index (χ1n) is 8.64. The predicted molar refractivity (Wildman–Crippen MR) is 99.5 cm³/mol. The van der Waals surface area contributed by atoms with Crippen molar-refractivity contribution in [2.75, 3.05) is 4.31 Å². The Morgan fingerprint density at radius 1 is 1.08 bits per heavy atom. The van der Waals surface area contributed by atoms with Gasteiger partial charge in [-0.15, -0.1) is 0 Å². The van der Waals surface area contributed by atoms with E-state index in [4.69, 9.17) is 4.52 Å². The lowest BCUT2D eigenvalue weighted by atomic mass is 10.2. The van der Waals surface area contributed by atoms with Crippen LogP contribution in [0.25, 0.3) is 0 Å². The van der Waals surface area contributed by atoms with Crippen molar-refractivity contribution in [1.29, 1.82) is 0 Å². The normalized spacial score (nSPS) is 14.3. The Balaban J connectivity index is 1.72. The van der Waals surface area contributed by atoms with Gasteiger partial charge in [0, 0.05) is 12.0 Å². The molecule has 0 atom stereocenters. The SMILES string of the molecule is Cc1cccc(S(=O)(=O)N(Cc2cc(C3CC3)no2)c2ccccc2)c1. The Kier molecular flexibility index (Phi) is 4.28. The quantitative estimate of drug-likeness (QED) is 0.652. The van der Waals surface area contributed by atoms with E-state index in [1.807, 2.05) is 37.3 Å². The number of anilines is 1. The molecule has 0 aliphatic heterocycles. The van der Waals surface area contributed by atoms with Crippen molar-refractivity contribution in [2.24, 2.45) is 0 Å². The molecule has 6 heteroatoms. The second-order valence-electron chi connectivity index (χ2n) is 6.66. The third-order valence-corrected chi connectivity index (χ3v) is 6.26. The smallest absolute Gasteiger partial charge is 0.264 e. The third-order valence-electron chi connectivity index (χ3n) is 4.49. The van der Waals surface area contributed by atoms with E-state index < -0.39 is 10.0 Å². The van der Waals surface area contributed by atoms with Gasteiger partial charge in [0.05, 0.1) is 22.8 Å². The highest BCUT2D eigenvalue weighted by molar-refractivity contribution is 7.92. The van der Waals surface area contributed by atoms with Crippen LogP contribution in [-0.4, -0.2) is 13.6 Å². The number of rotatable bonds is 6. The highest BCUT2D eigenvalue weighted by Crippen LogP contribution is 2.39. The van der Waals surface area contributed by atoms with Crippen LogP contribution in [-0.2, 0) is 16.6 Å². The molecule has 0 radical (unpaired) electrons. The first-order valence-corrected chi connectivity index (χ1v) is 10.1. The molecule has 1 aliphatic carbocycles. The molecule has 1 saturated carbocycles. The summed E-state index contributed by atoms with van der Waals surface area (Å²) in [6.07, 6.45) is 2.24. The summed E-state index contributed by atoms with van der Waals surface area (Å²) in [5.41, 5.74) is 2.41. The van der Waals surface area contributed by atoms with Crippen LogP contribution in [0.5, 0.6) is 0 Å². The van der Waals surface area contributed by atoms with E-state index >= 15 is 0 Å². The molecule has 0 spiro atoms. The second-order valence-corrected chi connectivity index (χ2v) is 8.52. The number of hydrogen-bond donors (Lipinski definition) is 0. The lowest BCUT2D eigenvalue weighted by molar-refractivity contribution is 0.378. The van der Waals surface area contributed by atoms with Gasteiger partial charge < -0.3 is 4.52 Å². The molecule has 0 N–H and O–H groups in total. The summed E-state index contributed by atoms with van der Waals surface area (Å²) < 4.78 is 33.4. The minimum Gasteiger partial charge on any atom is -0.359 e. The molecule has 3 aromatic rings. The van der Waals surface area contributed by atoms with E-state index in [0.717, 1.165) is 24.1 Å². The number of benzene rings is 2. The van der Waals surface area contributed by atoms with Gasteiger partial charge in [-0.2, -0.15) is 0 Å². The highest BCUT2D eigenvalue weighted by Gasteiger charge is 2.30. The Hall–Kier alpha value is -2.60. The molecule has 0 amide bonds. The minimum atomic E-state index is -3.72. The monoisotopic (exact) mass is 368 g/mol. The summed E-state index contributed by atoms with van der Waals surface area (Å²) in [5.74, 6) is 1.01. The molecule has 4 rings (SSSR count). The lowest BCUT2D eigenvalue weighted by Crippen LogP contribution is -2.30. The zero-order valence-corrected chi connectivity index (χ0v) is 15.3. The van der Waals surface area contributed by atoms with Gasteiger partial charge in [-0.25, -0.2) is 8.42 Å². The van der Waals surface area contributed by atoms with Crippen molar-refractivity contribution >= 4 is 15.7 Å². The van der Waals surface area contributed by atoms with Gasteiger partial charge in [0.25, 0.3) is 10.0 Å². The third kappa shape index (κ3) is 3.37. The molecule has 5 nitrogen and oxygen atoms in total. The van der Waals surface area contributed by atoms with Crippen molar-refractivity contribution in [2.45, 2.75) is 37.1 Å². The van der Waals surface area contributed by atoms with E-state index in [9.17, 15) is 8.42 Å². The van der Waals surface area contributed by atoms with E-state index in [-0.39, 0.29) is 11.4 Å². The molecule has 1 aromatic heterocycles. The Morgan fingerprint density at radius 3 is 2.54 bits per heavy atom. The van der Waals surface area contributed by atoms with Crippen LogP contribution in [0.15, 0.2) is 70.1 Å². The number of aryl methyl sites for hydroxylation is 1. The Morgan fingerprint density at radius 2 is 1.85 bits per heavy atom. The molecule has 0 bridgehead atoms. The number of nitrogens with zero attached hydrogens (tertiary/aromatic N) is 2. The fourth-order valence-electron chi connectivity index (χ4n) is 2.93. The molecule has 0 saturated heterocycles. The van der Waals surface area contributed by atoms with E-state index in [2.05, 4.69) is 5.16 Å². The summed E-state index contributed by atoms with van der Waals surface area (Å²) in [6.45, 7) is 1.99. The summed E-state index contributed by atoms with van der Waals surface area (Å²) in [4.78, 5) is 0.267. The van der Waals surface area contributed by atoms with Crippen molar-refractivity contribution in [3.63, 3.8) is 0 Å². The average molecular weight is 368 g/mol. The first-order chi connectivity index (χ1) is 12.5. The number of sulfonamides is 1. The maximum Gasteiger partial charge on any atom is 0.264 e. The molecule has 0 unspecified atom stereocenters. The lowest BCUT2D eigenvalue weighted by Gasteiger charge is -2.23. The van der Waals surface area contributed by atoms with Crippen LogP contribution in [0.3, 0.4) is 0 Å². The molecule has 1 aliphatic rings. The average Bonchev–Trinajstić information content (AvgIpc) is 3.39. The second kappa shape index (κ2) is 6.61. The molecule has 2 aromatic carbocycles. The number of para-hydroxylation sites is 1. The standard InChI is InChI=1S/C20H20N2O3S/c1-15-6-5-9-19(12-15)26(23,24)22(17-7-3-2-4-8-17)14-18-13-20(21-25-18)16-10-11-16/h2-9,12-13,16H,10-11,14H2,1H3. The maximum atomic E-state index is 13.3. The Labute approximate surface area is 153 Å². The van der Waals surface area contributed by atoms with Crippen molar-refractivity contribution in [3.05, 3.63) is 77.7 Å². The van der Waals surface area contributed by atoms with Gasteiger partial charge in [0.2, 0.25) is 0 Å². The molecular weight excluding hydrogens is 348 g/mol. The van der Waals surface area contributed by atoms with Crippen molar-refractivity contribution < 1.29 is 12.9 Å². The van der Waals surface area contributed by atoms with Crippen molar-refractivity contribution in [1.82, 2.24) is 5.16 Å². The van der Waals surface area contributed by atoms with E-state index in [1.54, 1.807) is 30.3 Å². The largest absolute Gasteiger partial charge is 0.359 e. The van der Waals surface area contributed by atoms with Crippen LogP contribution in [0.1, 0.15) is 35.8 Å². The van der Waals surface area contributed by atoms with Gasteiger partial charge in [0.1, 0.15) is 0 Å². The van der Waals surface area contributed by atoms with Crippen LogP contribution in [0.2, 0.25) is 0 Å². The molecule has 1 fully saturated rings.